The molecular formula is C19H34O. The van der Waals surface area contributed by atoms with E-state index < -0.39 is 0 Å². The fourth-order valence-corrected chi connectivity index (χ4v) is 2.62. The number of ether oxygens (including phenoxy) is 1. The Bertz CT molecular complexity index is 218. The minimum Gasteiger partial charge on any atom is -0.377 e. The standard InChI is InChI=1S/C19H34O/c1-2-4-6-8-10-12-14-16-18-20-19-17-15-13-11-9-7-5-3-1/h2,4,15,17H,1,3,5-14,16,18-19H2. The third-order valence-electron chi connectivity index (χ3n) is 3.95. The summed E-state index contributed by atoms with van der Waals surface area (Å²) in [4.78, 5) is 0. The van der Waals surface area contributed by atoms with Gasteiger partial charge in [0.15, 0.2) is 0 Å². The van der Waals surface area contributed by atoms with Crippen LogP contribution >= 0.6 is 0 Å². The maximum atomic E-state index is 5.62. The van der Waals surface area contributed by atoms with Crippen molar-refractivity contribution in [2.75, 3.05) is 13.2 Å². The molecule has 0 radical (unpaired) electrons. The Kier molecular flexibility index (Phi) is 13.0. The van der Waals surface area contributed by atoms with Gasteiger partial charge in [-0.05, 0) is 44.9 Å². The molecule has 0 saturated carbocycles. The molecule has 1 nitrogen and oxygen atoms in total. The second-order valence-corrected chi connectivity index (χ2v) is 5.92. The van der Waals surface area contributed by atoms with Crippen molar-refractivity contribution in [2.45, 2.75) is 83.5 Å². The van der Waals surface area contributed by atoms with Crippen LogP contribution in [0.2, 0.25) is 0 Å². The second kappa shape index (κ2) is 14.8. The van der Waals surface area contributed by atoms with Crippen molar-refractivity contribution in [1.29, 1.82) is 0 Å². The first-order valence-corrected chi connectivity index (χ1v) is 8.88. The predicted molar refractivity (Wildman–Crippen MR) is 89.1 cm³/mol. The van der Waals surface area contributed by atoms with Crippen LogP contribution < -0.4 is 0 Å². The van der Waals surface area contributed by atoms with E-state index in [9.17, 15) is 0 Å². The van der Waals surface area contributed by atoms with E-state index in [-0.39, 0.29) is 0 Å². The van der Waals surface area contributed by atoms with Gasteiger partial charge >= 0.3 is 0 Å². The van der Waals surface area contributed by atoms with Gasteiger partial charge in [-0.1, -0.05) is 62.8 Å². The number of hydrogen-bond acceptors (Lipinski definition) is 1. The quantitative estimate of drug-likeness (QED) is 0.479. The molecule has 0 aromatic heterocycles. The maximum absolute atomic E-state index is 5.62. The summed E-state index contributed by atoms with van der Waals surface area (Å²) in [7, 11) is 0. The largest absolute Gasteiger partial charge is 0.377 e. The maximum Gasteiger partial charge on any atom is 0.0647 e. The molecule has 1 aliphatic rings. The first-order valence-electron chi connectivity index (χ1n) is 8.88. The van der Waals surface area contributed by atoms with Crippen molar-refractivity contribution >= 4 is 0 Å². The molecule has 0 atom stereocenters. The summed E-state index contributed by atoms with van der Waals surface area (Å²) in [5.41, 5.74) is 0. The van der Waals surface area contributed by atoms with E-state index in [2.05, 4.69) is 24.3 Å². The minimum absolute atomic E-state index is 0.810. The topological polar surface area (TPSA) is 9.23 Å². The van der Waals surface area contributed by atoms with Gasteiger partial charge in [0.1, 0.15) is 0 Å². The molecule has 1 aliphatic heterocycles. The molecule has 116 valence electrons. The lowest BCUT2D eigenvalue weighted by Crippen LogP contribution is -1.94. The highest BCUT2D eigenvalue weighted by molar-refractivity contribution is 4.82. The molecule has 0 aromatic carbocycles. The smallest absolute Gasteiger partial charge is 0.0647 e. The van der Waals surface area contributed by atoms with Crippen LogP contribution in [-0.4, -0.2) is 13.2 Å². The van der Waals surface area contributed by atoms with Crippen LogP contribution in [-0.2, 0) is 4.74 Å². The van der Waals surface area contributed by atoms with Gasteiger partial charge in [0.2, 0.25) is 0 Å². The van der Waals surface area contributed by atoms with Gasteiger partial charge in [-0.15, -0.1) is 0 Å². The molecule has 0 unspecified atom stereocenters. The molecule has 1 heterocycles. The molecule has 0 aromatic rings. The Morgan fingerprint density at radius 1 is 0.450 bits per heavy atom. The van der Waals surface area contributed by atoms with Gasteiger partial charge in [-0.3, -0.25) is 0 Å². The van der Waals surface area contributed by atoms with Crippen molar-refractivity contribution in [3.8, 4) is 0 Å². The summed E-state index contributed by atoms with van der Waals surface area (Å²) in [5.74, 6) is 0. The zero-order valence-corrected chi connectivity index (χ0v) is 13.3. The average molecular weight is 278 g/mol. The van der Waals surface area contributed by atoms with E-state index in [0.29, 0.717) is 0 Å². The van der Waals surface area contributed by atoms with Gasteiger partial charge in [0.05, 0.1) is 6.61 Å². The zero-order chi connectivity index (χ0) is 14.1. The average Bonchev–Trinajstić information content (AvgIpc) is 2.46. The lowest BCUT2D eigenvalue weighted by molar-refractivity contribution is 0.157. The van der Waals surface area contributed by atoms with Crippen LogP contribution in [0.3, 0.4) is 0 Å². The highest BCUT2D eigenvalue weighted by atomic mass is 16.5. The zero-order valence-electron chi connectivity index (χ0n) is 13.3. The Labute approximate surface area is 126 Å². The van der Waals surface area contributed by atoms with Crippen molar-refractivity contribution in [2.24, 2.45) is 0 Å². The van der Waals surface area contributed by atoms with Crippen LogP contribution in [0.4, 0.5) is 0 Å². The van der Waals surface area contributed by atoms with E-state index in [4.69, 9.17) is 4.74 Å². The van der Waals surface area contributed by atoms with E-state index in [1.807, 2.05) is 0 Å². The molecule has 20 heavy (non-hydrogen) atoms. The van der Waals surface area contributed by atoms with E-state index in [0.717, 1.165) is 13.2 Å². The highest BCUT2D eigenvalue weighted by Crippen LogP contribution is 2.10. The van der Waals surface area contributed by atoms with Crippen molar-refractivity contribution in [1.82, 2.24) is 0 Å². The molecule has 0 saturated heterocycles. The SMILES string of the molecule is C1=CCCCCCCCOCC=CCCCCCCC1. The van der Waals surface area contributed by atoms with Crippen LogP contribution in [0, 0.1) is 0 Å². The molecule has 0 N–H and O–H groups in total. The normalized spacial score (nSPS) is 22.4. The molecule has 0 amide bonds. The molecule has 0 bridgehead atoms. The summed E-state index contributed by atoms with van der Waals surface area (Å²) < 4.78 is 5.62. The van der Waals surface area contributed by atoms with E-state index in [1.54, 1.807) is 0 Å². The van der Waals surface area contributed by atoms with Crippen LogP contribution in [0.5, 0.6) is 0 Å². The van der Waals surface area contributed by atoms with Crippen molar-refractivity contribution in [3.63, 3.8) is 0 Å². The predicted octanol–water partition coefficient (Wildman–Crippen LogP) is 6.20. The second-order valence-electron chi connectivity index (χ2n) is 5.92. The lowest BCUT2D eigenvalue weighted by atomic mass is 10.1. The highest BCUT2D eigenvalue weighted by Gasteiger charge is 1.92. The van der Waals surface area contributed by atoms with Gasteiger partial charge < -0.3 is 4.74 Å². The van der Waals surface area contributed by atoms with Gasteiger partial charge in [-0.25, -0.2) is 0 Å². The van der Waals surface area contributed by atoms with Gasteiger partial charge in [0.25, 0.3) is 0 Å². The number of hydrogen-bond donors (Lipinski definition) is 0. The molecule has 1 rings (SSSR count). The van der Waals surface area contributed by atoms with Gasteiger partial charge in [0, 0.05) is 6.61 Å². The summed E-state index contributed by atoms with van der Waals surface area (Å²) in [6.07, 6.45) is 26.6. The minimum atomic E-state index is 0.810. The summed E-state index contributed by atoms with van der Waals surface area (Å²) >= 11 is 0. The van der Waals surface area contributed by atoms with E-state index >= 15 is 0 Å². The first-order chi connectivity index (χ1) is 10.0. The number of allylic oxidation sites excluding steroid dienone is 3. The third-order valence-corrected chi connectivity index (χ3v) is 3.95. The fraction of sp³-hybridized carbons (Fsp3) is 0.789. The first kappa shape index (κ1) is 17.5. The van der Waals surface area contributed by atoms with Gasteiger partial charge in [-0.2, -0.15) is 0 Å². The summed E-state index contributed by atoms with van der Waals surface area (Å²) in [6.45, 7) is 1.75. The Hall–Kier alpha value is -0.560. The third kappa shape index (κ3) is 12.5. The molecule has 0 aliphatic carbocycles. The summed E-state index contributed by atoms with van der Waals surface area (Å²) in [6, 6.07) is 0. The van der Waals surface area contributed by atoms with Crippen LogP contribution in [0.1, 0.15) is 83.5 Å². The number of rotatable bonds is 0. The Morgan fingerprint density at radius 3 is 1.50 bits per heavy atom. The van der Waals surface area contributed by atoms with Crippen LogP contribution in [0.15, 0.2) is 24.3 Å². The monoisotopic (exact) mass is 278 g/mol. The van der Waals surface area contributed by atoms with E-state index in [1.165, 1.54) is 83.5 Å². The molecule has 0 fully saturated rings. The van der Waals surface area contributed by atoms with Crippen molar-refractivity contribution in [3.05, 3.63) is 24.3 Å². The Morgan fingerprint density at radius 2 is 0.900 bits per heavy atom. The molecule has 0 spiro atoms. The van der Waals surface area contributed by atoms with Crippen molar-refractivity contribution < 1.29 is 4.74 Å². The molecular weight excluding hydrogens is 244 g/mol. The fourth-order valence-electron chi connectivity index (χ4n) is 2.62. The summed E-state index contributed by atoms with van der Waals surface area (Å²) in [5, 5.41) is 0. The Balaban J connectivity index is 2.11. The molecule has 1 heteroatoms. The lowest BCUT2D eigenvalue weighted by Gasteiger charge is -2.02. The van der Waals surface area contributed by atoms with Crippen LogP contribution in [0.25, 0.3) is 0 Å².